The van der Waals surface area contributed by atoms with Crippen molar-refractivity contribution in [2.75, 3.05) is 0 Å². The van der Waals surface area contributed by atoms with Crippen molar-refractivity contribution < 1.29 is 4.42 Å². The van der Waals surface area contributed by atoms with Crippen molar-refractivity contribution in [3.05, 3.63) is 145 Å². The molecule has 0 amide bonds. The van der Waals surface area contributed by atoms with E-state index < -0.39 is 0 Å². The first kappa shape index (κ1) is 26.2. The predicted octanol–water partition coefficient (Wildman–Crippen LogP) is 10.5. The molecule has 6 aromatic carbocycles. The average Bonchev–Trinajstić information content (AvgIpc) is 3.75. The lowest BCUT2D eigenvalue weighted by Crippen LogP contribution is -2.17. The van der Waals surface area contributed by atoms with Crippen LogP contribution in [0, 0.1) is 0 Å². The zero-order chi connectivity index (χ0) is 31.3. The quantitative estimate of drug-likeness (QED) is 0.201. The summed E-state index contributed by atoms with van der Waals surface area (Å²) < 4.78 is 9.10. The monoisotopic (exact) mass is 604 g/mol. The first-order chi connectivity index (χ1) is 23.1. The fourth-order valence-electron chi connectivity index (χ4n) is 7.78. The predicted molar refractivity (Wildman–Crippen MR) is 190 cm³/mol. The molecule has 0 fully saturated rings. The highest BCUT2D eigenvalue weighted by Gasteiger charge is 2.42. The first-order valence-corrected chi connectivity index (χ1v) is 16.0. The Balaban J connectivity index is 1.44. The lowest BCUT2D eigenvalue weighted by Gasteiger charge is -2.23. The van der Waals surface area contributed by atoms with Crippen LogP contribution in [0.15, 0.2) is 138 Å². The summed E-state index contributed by atoms with van der Waals surface area (Å²) in [4.78, 5) is 15.5. The topological polar surface area (TPSA) is 56.7 Å². The van der Waals surface area contributed by atoms with Crippen LogP contribution < -0.4 is 0 Å². The highest BCUT2D eigenvalue weighted by molar-refractivity contribution is 6.31. The smallest absolute Gasteiger partial charge is 0.238 e. The molecule has 5 nitrogen and oxygen atoms in total. The summed E-state index contributed by atoms with van der Waals surface area (Å²) in [6, 6.07) is 46.1. The van der Waals surface area contributed by atoms with Crippen LogP contribution in [0.25, 0.3) is 83.6 Å². The third-order valence-corrected chi connectivity index (χ3v) is 9.82. The minimum absolute atomic E-state index is 0.318. The Morgan fingerprint density at radius 1 is 0.574 bits per heavy atom. The molecule has 10 rings (SSSR count). The Morgan fingerprint density at radius 2 is 1.17 bits per heavy atom. The van der Waals surface area contributed by atoms with Crippen LogP contribution in [0.2, 0.25) is 0 Å². The number of furan rings is 1. The van der Waals surface area contributed by atoms with Gasteiger partial charge >= 0.3 is 0 Å². The number of para-hydroxylation sites is 2. The normalized spacial score (nSPS) is 13.5. The van der Waals surface area contributed by atoms with Gasteiger partial charge in [-0.1, -0.05) is 135 Å². The van der Waals surface area contributed by atoms with Crippen LogP contribution in [0.1, 0.15) is 25.0 Å². The van der Waals surface area contributed by atoms with Gasteiger partial charge in [-0.05, 0) is 28.8 Å². The maximum Gasteiger partial charge on any atom is 0.238 e. The molecule has 0 N–H and O–H groups in total. The number of nitrogens with zero attached hydrogens (tertiary/aromatic N) is 4. The molecule has 0 unspecified atom stereocenters. The van der Waals surface area contributed by atoms with Gasteiger partial charge in [0.15, 0.2) is 11.6 Å². The van der Waals surface area contributed by atoms with Crippen molar-refractivity contribution in [3.63, 3.8) is 0 Å². The van der Waals surface area contributed by atoms with E-state index in [1.54, 1.807) is 0 Å². The van der Waals surface area contributed by atoms with Crippen molar-refractivity contribution in [2.24, 2.45) is 0 Å². The van der Waals surface area contributed by atoms with Crippen molar-refractivity contribution in [2.45, 2.75) is 19.3 Å². The van der Waals surface area contributed by atoms with Crippen molar-refractivity contribution in [3.8, 4) is 39.9 Å². The number of aromatic nitrogens is 4. The summed E-state index contributed by atoms with van der Waals surface area (Å²) in [5.41, 5.74) is 10.4. The molecule has 3 aromatic heterocycles. The van der Waals surface area contributed by atoms with Gasteiger partial charge in [0, 0.05) is 43.7 Å². The minimum Gasteiger partial charge on any atom is -0.455 e. The maximum absolute atomic E-state index is 6.82. The molecule has 0 bridgehead atoms. The fraction of sp³-hybridized carbons (Fsp3) is 0.0714. The van der Waals surface area contributed by atoms with Gasteiger partial charge in [0.1, 0.15) is 11.2 Å². The molecule has 0 aliphatic heterocycles. The second-order valence-corrected chi connectivity index (χ2v) is 12.8. The summed E-state index contributed by atoms with van der Waals surface area (Å²) in [7, 11) is 0. The Morgan fingerprint density at radius 3 is 1.89 bits per heavy atom. The van der Waals surface area contributed by atoms with Crippen LogP contribution in [0.4, 0.5) is 0 Å². The molecule has 47 heavy (non-hydrogen) atoms. The first-order valence-electron chi connectivity index (χ1n) is 16.0. The molecule has 0 saturated heterocycles. The number of hydrogen-bond donors (Lipinski definition) is 0. The van der Waals surface area contributed by atoms with Crippen LogP contribution in [-0.4, -0.2) is 19.5 Å². The Kier molecular flexibility index (Phi) is 5.28. The van der Waals surface area contributed by atoms with Crippen molar-refractivity contribution in [1.82, 2.24) is 19.5 Å². The second-order valence-electron chi connectivity index (χ2n) is 12.8. The van der Waals surface area contributed by atoms with Crippen LogP contribution in [0.5, 0.6) is 0 Å². The molecule has 0 saturated carbocycles. The van der Waals surface area contributed by atoms with E-state index in [0.717, 1.165) is 60.4 Å². The van der Waals surface area contributed by atoms with Crippen LogP contribution in [-0.2, 0) is 5.41 Å². The summed E-state index contributed by atoms with van der Waals surface area (Å²) in [6.45, 7) is 4.65. The molecule has 1 aliphatic carbocycles. The molecule has 222 valence electrons. The maximum atomic E-state index is 6.82. The molecular formula is C42H28N4O. The Hall–Kier alpha value is -6.07. The van der Waals surface area contributed by atoms with E-state index in [9.17, 15) is 0 Å². The van der Waals surface area contributed by atoms with Crippen LogP contribution in [0.3, 0.4) is 0 Å². The van der Waals surface area contributed by atoms with Crippen LogP contribution >= 0.6 is 0 Å². The molecular weight excluding hydrogens is 576 g/mol. The number of hydrogen-bond acceptors (Lipinski definition) is 4. The van der Waals surface area contributed by atoms with E-state index in [2.05, 4.69) is 109 Å². The summed E-state index contributed by atoms with van der Waals surface area (Å²) >= 11 is 0. The van der Waals surface area contributed by atoms with Gasteiger partial charge in [0.05, 0.1) is 11.0 Å². The van der Waals surface area contributed by atoms with E-state index in [0.29, 0.717) is 17.6 Å². The van der Waals surface area contributed by atoms with Gasteiger partial charge in [0.25, 0.3) is 0 Å². The second kappa shape index (κ2) is 9.47. The van der Waals surface area contributed by atoms with Gasteiger partial charge in [-0.15, -0.1) is 0 Å². The third kappa shape index (κ3) is 3.57. The lowest BCUT2D eigenvalue weighted by molar-refractivity contribution is 0.655. The zero-order valence-corrected chi connectivity index (χ0v) is 25.9. The van der Waals surface area contributed by atoms with E-state index in [4.69, 9.17) is 19.4 Å². The summed E-state index contributed by atoms with van der Waals surface area (Å²) in [5, 5.41) is 4.52. The molecule has 1 aliphatic rings. The van der Waals surface area contributed by atoms with Gasteiger partial charge < -0.3 is 4.42 Å². The van der Waals surface area contributed by atoms with Crippen molar-refractivity contribution >= 4 is 43.7 Å². The molecule has 0 radical (unpaired) electrons. The SMILES string of the molecule is CC1(C)c2ccccc2-c2c1c1c(c3ccccc3n1-c1nc(-c3ccccc3)nc(-c3ccccc3)n1)c1c2oc2ccccc21. The van der Waals surface area contributed by atoms with E-state index >= 15 is 0 Å². The molecule has 5 heteroatoms. The lowest BCUT2D eigenvalue weighted by atomic mass is 9.81. The van der Waals surface area contributed by atoms with Gasteiger partial charge in [-0.25, -0.2) is 4.98 Å². The molecule has 0 atom stereocenters. The van der Waals surface area contributed by atoms with E-state index in [1.165, 1.54) is 16.7 Å². The fourth-order valence-corrected chi connectivity index (χ4v) is 7.78. The summed E-state index contributed by atoms with van der Waals surface area (Å²) in [6.07, 6.45) is 0. The third-order valence-electron chi connectivity index (χ3n) is 9.82. The zero-order valence-electron chi connectivity index (χ0n) is 25.9. The van der Waals surface area contributed by atoms with E-state index in [-0.39, 0.29) is 5.41 Å². The van der Waals surface area contributed by atoms with Gasteiger partial charge in [0.2, 0.25) is 5.95 Å². The van der Waals surface area contributed by atoms with Gasteiger partial charge in [-0.2, -0.15) is 9.97 Å². The number of rotatable bonds is 3. The molecule has 3 heterocycles. The molecule has 9 aromatic rings. The highest BCUT2D eigenvalue weighted by atomic mass is 16.3. The standard InChI is InChI=1S/C42H28N4O/c1-42(2)30-22-12-9-19-27(30)35-36(42)37-33(34-29-21-11-14-24-32(29)47-38(34)35)28-20-10-13-23-31(28)46(37)41-44-39(25-15-5-3-6-16-25)43-40(45-41)26-17-7-4-8-18-26/h3-24H,1-2H3. The molecule has 0 spiro atoms. The average molecular weight is 605 g/mol. The Labute approximate surface area is 270 Å². The number of fused-ring (bicyclic) bond motifs is 12. The van der Waals surface area contributed by atoms with Crippen molar-refractivity contribution in [1.29, 1.82) is 0 Å². The summed E-state index contributed by atoms with van der Waals surface area (Å²) in [5.74, 6) is 1.86. The van der Waals surface area contributed by atoms with Gasteiger partial charge in [-0.3, -0.25) is 4.57 Å². The largest absolute Gasteiger partial charge is 0.455 e. The Bertz CT molecular complexity index is 2640. The highest BCUT2D eigenvalue weighted by Crippen LogP contribution is 2.57. The minimum atomic E-state index is -0.318. The van der Waals surface area contributed by atoms with E-state index in [1.807, 2.05) is 42.5 Å². The number of benzene rings is 6.